The van der Waals surface area contributed by atoms with Gasteiger partial charge < -0.3 is 10.0 Å². The van der Waals surface area contributed by atoms with Crippen molar-refractivity contribution in [1.29, 1.82) is 0 Å². The fourth-order valence-electron chi connectivity index (χ4n) is 2.54. The Kier molecular flexibility index (Phi) is 3.80. The molecule has 1 aliphatic rings. The molecule has 0 aromatic heterocycles. The van der Waals surface area contributed by atoms with E-state index >= 15 is 0 Å². The molecule has 19 heavy (non-hydrogen) atoms. The van der Waals surface area contributed by atoms with Crippen molar-refractivity contribution in [2.75, 3.05) is 20.1 Å². The highest BCUT2D eigenvalue weighted by Crippen LogP contribution is 2.20. The summed E-state index contributed by atoms with van der Waals surface area (Å²) in [5.41, 5.74) is 1.39. The molecular weight excluding hydrogens is 240 g/mol. The number of phenolic OH excluding ortho intramolecular Hbond substituents is 1. The molecule has 1 aromatic carbocycles. The fourth-order valence-corrected chi connectivity index (χ4v) is 2.54. The molecule has 1 heterocycles. The summed E-state index contributed by atoms with van der Waals surface area (Å²) in [6.45, 7) is 7.58. The van der Waals surface area contributed by atoms with E-state index in [1.807, 2.05) is 4.90 Å². The van der Waals surface area contributed by atoms with Crippen LogP contribution in [0.5, 0.6) is 5.75 Å². The Morgan fingerprint density at radius 2 is 1.84 bits per heavy atom. The van der Waals surface area contributed by atoms with Crippen LogP contribution < -0.4 is 0 Å². The minimum absolute atomic E-state index is 0.0508. The zero-order chi connectivity index (χ0) is 14.2. The summed E-state index contributed by atoms with van der Waals surface area (Å²) in [4.78, 5) is 16.7. The molecule has 1 amide bonds. The lowest BCUT2D eigenvalue weighted by atomic mass is 10.1. The molecule has 0 spiro atoms. The SMILES string of the molecule is Cc1cc(C(=O)N2CC(C)N(C)C(C)C2)ccc1O. The Morgan fingerprint density at radius 3 is 2.37 bits per heavy atom. The van der Waals surface area contributed by atoms with Gasteiger partial charge in [0.25, 0.3) is 5.91 Å². The van der Waals surface area contributed by atoms with E-state index in [2.05, 4.69) is 25.8 Å². The van der Waals surface area contributed by atoms with Crippen LogP contribution in [0.25, 0.3) is 0 Å². The average molecular weight is 262 g/mol. The maximum Gasteiger partial charge on any atom is 0.253 e. The lowest BCUT2D eigenvalue weighted by Gasteiger charge is -2.42. The van der Waals surface area contributed by atoms with Crippen LogP contribution in [0.1, 0.15) is 29.8 Å². The average Bonchev–Trinajstić information content (AvgIpc) is 2.37. The Labute approximate surface area is 114 Å². The van der Waals surface area contributed by atoms with Crippen LogP contribution >= 0.6 is 0 Å². The van der Waals surface area contributed by atoms with E-state index in [0.717, 1.165) is 18.7 Å². The standard InChI is InChI=1S/C15H22N2O2/c1-10-7-13(5-6-14(10)18)15(19)17-8-11(2)16(4)12(3)9-17/h5-7,11-12,18H,8-9H2,1-4H3. The second kappa shape index (κ2) is 5.21. The number of aromatic hydroxyl groups is 1. The van der Waals surface area contributed by atoms with Gasteiger partial charge in [0.2, 0.25) is 0 Å². The summed E-state index contributed by atoms with van der Waals surface area (Å²) >= 11 is 0. The summed E-state index contributed by atoms with van der Waals surface area (Å²) in [5, 5.41) is 9.52. The number of nitrogens with zero attached hydrogens (tertiary/aromatic N) is 2. The minimum atomic E-state index is 0.0508. The van der Waals surface area contributed by atoms with Crippen LogP contribution in [0, 0.1) is 6.92 Å². The maximum absolute atomic E-state index is 12.5. The number of carbonyl (C=O) groups is 1. The van der Waals surface area contributed by atoms with Gasteiger partial charge in [0.15, 0.2) is 0 Å². The summed E-state index contributed by atoms with van der Waals surface area (Å²) in [6, 6.07) is 5.77. The van der Waals surface area contributed by atoms with Gasteiger partial charge in [0.1, 0.15) is 5.75 Å². The molecule has 1 aromatic rings. The van der Waals surface area contributed by atoms with E-state index in [4.69, 9.17) is 0 Å². The van der Waals surface area contributed by atoms with Crippen LogP contribution in [-0.4, -0.2) is 53.0 Å². The third-order valence-electron chi connectivity index (χ3n) is 4.09. The second-order valence-corrected chi connectivity index (χ2v) is 5.57. The van der Waals surface area contributed by atoms with E-state index in [0.29, 0.717) is 17.6 Å². The zero-order valence-corrected chi connectivity index (χ0v) is 12.1. The van der Waals surface area contributed by atoms with Gasteiger partial charge in [-0.25, -0.2) is 0 Å². The Hall–Kier alpha value is -1.55. The Morgan fingerprint density at radius 1 is 1.26 bits per heavy atom. The highest BCUT2D eigenvalue weighted by molar-refractivity contribution is 5.94. The first-order valence-corrected chi connectivity index (χ1v) is 6.71. The third kappa shape index (κ3) is 2.73. The molecule has 1 fully saturated rings. The van der Waals surface area contributed by atoms with E-state index in [1.165, 1.54) is 0 Å². The van der Waals surface area contributed by atoms with Crippen molar-refractivity contribution in [3.8, 4) is 5.75 Å². The summed E-state index contributed by atoms with van der Waals surface area (Å²) in [5.74, 6) is 0.284. The number of hydrogen-bond acceptors (Lipinski definition) is 3. The lowest BCUT2D eigenvalue weighted by Crippen LogP contribution is -2.56. The van der Waals surface area contributed by atoms with Crippen molar-refractivity contribution in [3.63, 3.8) is 0 Å². The molecule has 2 unspecified atom stereocenters. The van der Waals surface area contributed by atoms with Crippen LogP contribution in [0.4, 0.5) is 0 Å². The van der Waals surface area contributed by atoms with E-state index in [1.54, 1.807) is 25.1 Å². The predicted molar refractivity (Wildman–Crippen MR) is 75.4 cm³/mol. The number of rotatable bonds is 1. The molecule has 2 atom stereocenters. The van der Waals surface area contributed by atoms with E-state index < -0.39 is 0 Å². The Bertz CT molecular complexity index is 475. The summed E-state index contributed by atoms with van der Waals surface area (Å²) in [6.07, 6.45) is 0. The van der Waals surface area contributed by atoms with Gasteiger partial charge in [-0.05, 0) is 51.6 Å². The van der Waals surface area contributed by atoms with Crippen molar-refractivity contribution in [2.24, 2.45) is 0 Å². The van der Waals surface area contributed by atoms with E-state index in [-0.39, 0.29) is 11.7 Å². The van der Waals surface area contributed by atoms with Gasteiger partial charge in [0, 0.05) is 30.7 Å². The van der Waals surface area contributed by atoms with Gasteiger partial charge in [-0.3, -0.25) is 9.69 Å². The van der Waals surface area contributed by atoms with Gasteiger partial charge in [0.05, 0.1) is 0 Å². The monoisotopic (exact) mass is 262 g/mol. The first-order valence-electron chi connectivity index (χ1n) is 6.71. The number of hydrogen-bond donors (Lipinski definition) is 1. The zero-order valence-electron chi connectivity index (χ0n) is 12.1. The first kappa shape index (κ1) is 13.9. The molecule has 1 aliphatic heterocycles. The maximum atomic E-state index is 12.5. The predicted octanol–water partition coefficient (Wildman–Crippen LogP) is 1.87. The number of likely N-dealkylation sites (N-methyl/N-ethyl adjacent to an activating group) is 1. The number of carbonyl (C=O) groups excluding carboxylic acids is 1. The molecule has 4 nitrogen and oxygen atoms in total. The van der Waals surface area contributed by atoms with Crippen molar-refractivity contribution in [3.05, 3.63) is 29.3 Å². The van der Waals surface area contributed by atoms with Crippen molar-refractivity contribution in [1.82, 2.24) is 9.80 Å². The number of amides is 1. The van der Waals surface area contributed by atoms with Crippen LogP contribution in [0.3, 0.4) is 0 Å². The molecule has 0 saturated carbocycles. The van der Waals surface area contributed by atoms with Gasteiger partial charge in [-0.15, -0.1) is 0 Å². The van der Waals surface area contributed by atoms with Crippen LogP contribution in [-0.2, 0) is 0 Å². The molecule has 0 radical (unpaired) electrons. The molecular formula is C15H22N2O2. The molecule has 0 aliphatic carbocycles. The van der Waals surface area contributed by atoms with Gasteiger partial charge in [-0.1, -0.05) is 0 Å². The first-order chi connectivity index (χ1) is 8.90. The molecule has 1 saturated heterocycles. The second-order valence-electron chi connectivity index (χ2n) is 5.57. The van der Waals surface area contributed by atoms with E-state index in [9.17, 15) is 9.90 Å². The minimum Gasteiger partial charge on any atom is -0.508 e. The molecule has 4 heteroatoms. The Balaban J connectivity index is 2.17. The lowest BCUT2D eigenvalue weighted by molar-refractivity contribution is 0.0414. The quantitative estimate of drug-likeness (QED) is 0.840. The molecule has 0 bridgehead atoms. The molecule has 2 rings (SSSR count). The number of piperazine rings is 1. The van der Waals surface area contributed by atoms with Crippen molar-refractivity contribution in [2.45, 2.75) is 32.9 Å². The van der Waals surface area contributed by atoms with Gasteiger partial charge in [-0.2, -0.15) is 0 Å². The highest BCUT2D eigenvalue weighted by Gasteiger charge is 2.29. The van der Waals surface area contributed by atoms with Crippen LogP contribution in [0.2, 0.25) is 0 Å². The van der Waals surface area contributed by atoms with Crippen LogP contribution in [0.15, 0.2) is 18.2 Å². The van der Waals surface area contributed by atoms with Crippen molar-refractivity contribution < 1.29 is 9.90 Å². The summed E-state index contributed by atoms with van der Waals surface area (Å²) < 4.78 is 0. The molecule has 1 N–H and O–H groups in total. The summed E-state index contributed by atoms with van der Waals surface area (Å²) in [7, 11) is 2.10. The molecule has 104 valence electrons. The largest absolute Gasteiger partial charge is 0.508 e. The fraction of sp³-hybridized carbons (Fsp3) is 0.533. The number of aryl methyl sites for hydroxylation is 1. The number of phenols is 1. The van der Waals surface area contributed by atoms with Crippen molar-refractivity contribution >= 4 is 5.91 Å². The third-order valence-corrected chi connectivity index (χ3v) is 4.09. The normalized spacial score (nSPS) is 24.5. The topological polar surface area (TPSA) is 43.8 Å². The smallest absolute Gasteiger partial charge is 0.253 e. The highest BCUT2D eigenvalue weighted by atomic mass is 16.3. The number of benzene rings is 1. The van der Waals surface area contributed by atoms with Gasteiger partial charge >= 0.3 is 0 Å².